The number of hydrogen-bond acceptors (Lipinski definition) is 8. The first-order valence-corrected chi connectivity index (χ1v) is 27.8. The van der Waals surface area contributed by atoms with Gasteiger partial charge in [0.25, 0.3) is 23.7 Å². The highest BCUT2D eigenvalue weighted by atomic mass is 35.5. The quantitative estimate of drug-likeness (QED) is 0.0668. The van der Waals surface area contributed by atoms with Crippen molar-refractivity contribution in [2.75, 3.05) is 39.3 Å². The van der Waals surface area contributed by atoms with Gasteiger partial charge in [0.1, 0.15) is 23.0 Å². The van der Waals surface area contributed by atoms with E-state index in [9.17, 15) is 68.2 Å². The number of nitrogens with one attached hydrogen (secondary N) is 3. The van der Waals surface area contributed by atoms with Gasteiger partial charge in [-0.2, -0.15) is 26.3 Å². The molecular formula is C56H70ClF10N9O5. The summed E-state index contributed by atoms with van der Waals surface area (Å²) in [6, 6.07) is 8.87. The Kier molecular flexibility index (Phi) is 21.0. The zero-order valence-electron chi connectivity index (χ0n) is 44.8. The second kappa shape index (κ2) is 27.1. The number of amides is 3. The van der Waals surface area contributed by atoms with Crippen molar-refractivity contribution < 1.29 is 68.2 Å². The van der Waals surface area contributed by atoms with Gasteiger partial charge < -0.3 is 30.2 Å². The second-order valence-corrected chi connectivity index (χ2v) is 22.1. The Morgan fingerprint density at radius 2 is 1.00 bits per heavy atom. The summed E-state index contributed by atoms with van der Waals surface area (Å²) in [4.78, 5) is 63.0. The summed E-state index contributed by atoms with van der Waals surface area (Å²) in [7, 11) is 0. The third-order valence-corrected chi connectivity index (χ3v) is 15.8. The number of aliphatic carboxylic acids is 1. The number of hydrogen-bond donors (Lipinski definition) is 4. The van der Waals surface area contributed by atoms with Crippen molar-refractivity contribution in [3.63, 3.8) is 0 Å². The van der Waals surface area contributed by atoms with E-state index >= 15 is 0 Å². The highest BCUT2D eigenvalue weighted by molar-refractivity contribution is 5.93. The summed E-state index contributed by atoms with van der Waals surface area (Å²) in [6.07, 6.45) is 3.13. The summed E-state index contributed by atoms with van der Waals surface area (Å²) >= 11 is 0. The van der Waals surface area contributed by atoms with Gasteiger partial charge in [-0.15, -0.1) is 12.4 Å². The molecule has 2 saturated heterocycles. The van der Waals surface area contributed by atoms with Gasteiger partial charge in [0, 0.05) is 74.7 Å². The molecule has 3 amide bonds. The van der Waals surface area contributed by atoms with E-state index < -0.39 is 78.2 Å². The first kappa shape index (κ1) is 62.8. The van der Waals surface area contributed by atoms with Crippen LogP contribution in [-0.4, -0.2) is 127 Å². The Hall–Kier alpha value is -5.75. The molecule has 0 radical (unpaired) electrons. The molecule has 2 aromatic carbocycles. The Morgan fingerprint density at radius 1 is 0.593 bits per heavy atom. The highest BCUT2D eigenvalue weighted by Gasteiger charge is 2.40. The first-order chi connectivity index (χ1) is 37.9. The van der Waals surface area contributed by atoms with Crippen LogP contribution in [0.3, 0.4) is 0 Å². The lowest BCUT2D eigenvalue weighted by Crippen LogP contribution is -2.47. The van der Waals surface area contributed by atoms with E-state index in [2.05, 4.69) is 25.9 Å². The maximum absolute atomic E-state index is 14.0. The van der Waals surface area contributed by atoms with Crippen LogP contribution in [0.2, 0.25) is 0 Å². The Balaban J connectivity index is 0.000000232. The van der Waals surface area contributed by atoms with Crippen LogP contribution in [0.15, 0.2) is 60.9 Å². The molecule has 4 aromatic rings. The summed E-state index contributed by atoms with van der Waals surface area (Å²) in [5.74, 6) is -7.74. The molecule has 9 rings (SSSR count). The predicted molar refractivity (Wildman–Crippen MR) is 282 cm³/mol. The van der Waals surface area contributed by atoms with Crippen LogP contribution in [-0.2, 0) is 21.9 Å². The third kappa shape index (κ3) is 17.2. The van der Waals surface area contributed by atoms with Gasteiger partial charge in [0.2, 0.25) is 5.91 Å². The minimum Gasteiger partial charge on any atom is -0.481 e. The number of rotatable bonds is 19. The molecule has 2 aromatic heterocycles. The fourth-order valence-electron chi connectivity index (χ4n) is 11.6. The van der Waals surface area contributed by atoms with E-state index in [0.717, 1.165) is 82.8 Å². The molecule has 5 fully saturated rings. The summed E-state index contributed by atoms with van der Waals surface area (Å²) in [5, 5.41) is 17.7. The van der Waals surface area contributed by atoms with Crippen LogP contribution in [0, 0.1) is 0 Å². The van der Waals surface area contributed by atoms with Gasteiger partial charge in [0.15, 0.2) is 0 Å². The molecule has 3 saturated carbocycles. The van der Waals surface area contributed by atoms with Crippen molar-refractivity contribution in [2.24, 2.45) is 0 Å². The van der Waals surface area contributed by atoms with E-state index in [0.29, 0.717) is 37.6 Å². The summed E-state index contributed by atoms with van der Waals surface area (Å²) in [5.41, 5.74) is -2.07. The predicted octanol–water partition coefficient (Wildman–Crippen LogP) is 11.5. The topological polar surface area (TPSA) is 167 Å². The van der Waals surface area contributed by atoms with E-state index in [1.807, 2.05) is 0 Å². The fraction of sp³-hybridized carbons (Fsp3) is 0.607. The zero-order valence-corrected chi connectivity index (χ0v) is 45.6. The number of alkyl halides is 10. The van der Waals surface area contributed by atoms with Gasteiger partial charge in [-0.25, -0.2) is 27.5 Å². The van der Waals surface area contributed by atoms with Crippen molar-refractivity contribution in [3.05, 3.63) is 95.1 Å². The Labute approximate surface area is 469 Å². The fourth-order valence-corrected chi connectivity index (χ4v) is 11.6. The molecule has 5 aliphatic rings. The lowest BCUT2D eigenvalue weighted by Gasteiger charge is -2.33. The number of imidazole rings is 2. The largest absolute Gasteiger partial charge is 0.481 e. The van der Waals surface area contributed by atoms with Gasteiger partial charge >= 0.3 is 18.3 Å². The molecular weight excluding hydrogens is 1100 g/mol. The highest BCUT2D eigenvalue weighted by Crippen LogP contribution is 2.41. The number of nitrogens with zero attached hydrogens (tertiary/aromatic N) is 6. The molecule has 0 spiro atoms. The van der Waals surface area contributed by atoms with E-state index in [1.54, 1.807) is 9.80 Å². The smallest absolute Gasteiger partial charge is 0.418 e. The monoisotopic (exact) mass is 1170 g/mol. The van der Waals surface area contributed by atoms with Crippen LogP contribution in [0.4, 0.5) is 43.9 Å². The molecule has 81 heavy (non-hydrogen) atoms. The van der Waals surface area contributed by atoms with E-state index in [4.69, 9.17) is 0 Å². The third-order valence-electron chi connectivity index (χ3n) is 15.8. The number of likely N-dealkylation sites (tertiary alicyclic amines) is 2. The SMILES string of the molecule is Cl.O=C(C[C@H](CCN1CCCC(F)(F)C1)NC(=O)c1cn(-c2ccccc2C(F)(F)F)c(C2CCCC2)n1)NC1CCC1.O=C(O)C[C@H](CCN1CCCC(F)(F)C1)NC(=O)c1cn(-c2ccccc2C(F)(F)F)c(C2CCCC2)n1. The molecule has 0 bridgehead atoms. The average Bonchev–Trinajstić information content (AvgIpc) is 4.27. The van der Waals surface area contributed by atoms with Crippen LogP contribution >= 0.6 is 12.4 Å². The summed E-state index contributed by atoms with van der Waals surface area (Å²) < 4.78 is 141. The molecule has 0 unspecified atom stereocenters. The molecule has 4 N–H and O–H groups in total. The van der Waals surface area contributed by atoms with Gasteiger partial charge in [0.05, 0.1) is 42.0 Å². The molecule has 2 aliphatic heterocycles. The minimum absolute atomic E-state index is 0. The van der Waals surface area contributed by atoms with Crippen LogP contribution in [0.5, 0.6) is 0 Å². The number of carbonyl (C=O) groups excluding carboxylic acids is 3. The molecule has 14 nitrogen and oxygen atoms in total. The van der Waals surface area contributed by atoms with Crippen molar-refractivity contribution in [1.82, 2.24) is 44.9 Å². The number of para-hydroxylation sites is 2. The van der Waals surface area contributed by atoms with Crippen molar-refractivity contribution >= 4 is 36.1 Å². The van der Waals surface area contributed by atoms with Gasteiger partial charge in [-0.05, 0) is 108 Å². The van der Waals surface area contributed by atoms with E-state index in [1.165, 1.54) is 57.9 Å². The van der Waals surface area contributed by atoms with Crippen molar-refractivity contribution in [1.29, 1.82) is 0 Å². The molecule has 4 heterocycles. The molecule has 446 valence electrons. The molecule has 2 atom stereocenters. The number of carboxylic acid groups (broad SMARTS) is 1. The lowest BCUT2D eigenvalue weighted by atomic mass is 9.93. The van der Waals surface area contributed by atoms with Gasteiger partial charge in [-0.1, -0.05) is 49.9 Å². The maximum atomic E-state index is 14.0. The maximum Gasteiger partial charge on any atom is 0.418 e. The average molecular weight is 1170 g/mol. The second-order valence-electron chi connectivity index (χ2n) is 22.1. The number of halogens is 11. The number of carboxylic acids is 1. The number of aromatic nitrogens is 4. The van der Waals surface area contributed by atoms with Crippen LogP contribution in [0.1, 0.15) is 178 Å². The van der Waals surface area contributed by atoms with Crippen LogP contribution < -0.4 is 16.0 Å². The van der Waals surface area contributed by atoms with Crippen molar-refractivity contribution in [3.8, 4) is 11.4 Å². The summed E-state index contributed by atoms with van der Waals surface area (Å²) in [6.45, 7) is 0.631. The van der Waals surface area contributed by atoms with Crippen LogP contribution in [0.25, 0.3) is 11.4 Å². The normalized spacial score (nSPS) is 19.8. The van der Waals surface area contributed by atoms with E-state index in [-0.39, 0.29) is 111 Å². The first-order valence-electron chi connectivity index (χ1n) is 27.8. The Bertz CT molecular complexity index is 2770. The standard InChI is InChI=1S/C30H38F5N5O2.C26H31F5N4O3.ClH/c31-29(32)14-6-15-39(19-29)16-13-22(17-26(41)36-21-9-5-10-21)37-28(42)24-18-40(27(38-24)20-7-1-2-8-20)25-12-4-3-11-23(25)30(33,34)35;27-25(28)11-5-12-34(16-25)13-10-18(14-22(36)37)32-24(38)20-15-35(23(33-20)17-6-1-2-7-17)21-9-4-3-8-19(21)26(29,30)31;/h3-4,11-12,18,20-22H,1-2,5-10,13-17,19H2,(H,36,41)(H,37,42);3-4,8-9,15,17-18H,1-2,5-7,10-14,16H2,(H,32,38)(H,36,37);1H/t22-;18-;/m00./s1. The number of benzene rings is 2. The zero-order chi connectivity index (χ0) is 57.4. The molecule has 3 aliphatic carbocycles. The number of carbonyl (C=O) groups is 4. The van der Waals surface area contributed by atoms with Gasteiger partial charge in [-0.3, -0.25) is 29.0 Å². The number of piperidine rings is 2. The molecule has 25 heteroatoms. The Morgan fingerprint density at radius 3 is 1.37 bits per heavy atom. The lowest BCUT2D eigenvalue weighted by molar-refractivity contribution is -0.138. The van der Waals surface area contributed by atoms with Crippen molar-refractivity contribution in [2.45, 2.75) is 176 Å². The minimum atomic E-state index is -4.62.